The van der Waals surface area contributed by atoms with E-state index in [1.54, 1.807) is 0 Å². The summed E-state index contributed by atoms with van der Waals surface area (Å²) < 4.78 is 16.3. The Bertz CT molecular complexity index is 705. The summed E-state index contributed by atoms with van der Waals surface area (Å²) in [5.41, 5.74) is 3.81. The second-order valence-electron chi connectivity index (χ2n) is 5.76. The normalized spacial score (nSPS) is 15.5. The van der Waals surface area contributed by atoms with Gasteiger partial charge in [-0.05, 0) is 41.8 Å². The highest BCUT2D eigenvalue weighted by molar-refractivity contribution is 5.85. The molecular formula is C18H20ClNO3. The molecule has 0 amide bonds. The number of rotatable bonds is 4. The molecule has 0 radical (unpaired) electrons. The van der Waals surface area contributed by atoms with E-state index < -0.39 is 0 Å². The van der Waals surface area contributed by atoms with Gasteiger partial charge < -0.3 is 19.5 Å². The van der Waals surface area contributed by atoms with Crippen LogP contribution in [-0.4, -0.2) is 13.4 Å². The van der Waals surface area contributed by atoms with Crippen molar-refractivity contribution in [2.24, 2.45) is 0 Å². The van der Waals surface area contributed by atoms with Gasteiger partial charge in [-0.15, -0.1) is 12.4 Å². The predicted octanol–water partition coefficient (Wildman–Crippen LogP) is 3.62. The van der Waals surface area contributed by atoms with Crippen molar-refractivity contribution in [1.82, 2.24) is 5.32 Å². The number of hydrogen-bond donors (Lipinski definition) is 1. The van der Waals surface area contributed by atoms with Crippen LogP contribution in [0.5, 0.6) is 17.2 Å². The first kappa shape index (κ1) is 16.0. The number of nitrogens with one attached hydrogen (secondary N) is 1. The minimum Gasteiger partial charge on any atom is -0.493 e. The molecule has 23 heavy (non-hydrogen) atoms. The summed E-state index contributed by atoms with van der Waals surface area (Å²) in [5, 5.41) is 3.56. The molecular weight excluding hydrogens is 314 g/mol. The standard InChI is InChI=1S/C18H19NO3.ClH/c1-12(14-3-5-17-18(9-14)22-11-21-17)19-10-13-2-4-16-15(8-13)6-7-20-16;/h2-5,8-9,12,19H,6-7,10-11H2,1H3;1H. The third-order valence-corrected chi connectivity index (χ3v) is 4.26. The number of hydrogen-bond acceptors (Lipinski definition) is 4. The predicted molar refractivity (Wildman–Crippen MR) is 90.7 cm³/mol. The van der Waals surface area contributed by atoms with Gasteiger partial charge in [0, 0.05) is 19.0 Å². The maximum atomic E-state index is 5.54. The average molecular weight is 334 g/mol. The van der Waals surface area contributed by atoms with Crippen LogP contribution in [0.4, 0.5) is 0 Å². The summed E-state index contributed by atoms with van der Waals surface area (Å²) in [6.07, 6.45) is 1.01. The van der Waals surface area contributed by atoms with Gasteiger partial charge in [-0.2, -0.15) is 0 Å². The fourth-order valence-electron chi connectivity index (χ4n) is 2.92. The first-order valence-electron chi connectivity index (χ1n) is 7.67. The third kappa shape index (κ3) is 3.23. The quantitative estimate of drug-likeness (QED) is 0.927. The van der Waals surface area contributed by atoms with E-state index in [4.69, 9.17) is 14.2 Å². The Balaban J connectivity index is 0.00000156. The molecule has 5 heteroatoms. The van der Waals surface area contributed by atoms with Crippen molar-refractivity contribution in [2.45, 2.75) is 25.9 Å². The van der Waals surface area contributed by atoms with E-state index in [0.29, 0.717) is 6.79 Å². The van der Waals surface area contributed by atoms with Crippen molar-refractivity contribution < 1.29 is 14.2 Å². The zero-order chi connectivity index (χ0) is 14.9. The van der Waals surface area contributed by atoms with Crippen molar-refractivity contribution >= 4 is 12.4 Å². The summed E-state index contributed by atoms with van der Waals surface area (Å²) in [4.78, 5) is 0. The molecule has 2 heterocycles. The Hall–Kier alpha value is -1.91. The van der Waals surface area contributed by atoms with Crippen LogP contribution in [0, 0.1) is 0 Å². The number of benzene rings is 2. The SMILES string of the molecule is CC(NCc1ccc2c(c1)CCO2)c1ccc2c(c1)OCO2.Cl. The lowest BCUT2D eigenvalue weighted by molar-refractivity contribution is 0.174. The van der Waals surface area contributed by atoms with E-state index in [-0.39, 0.29) is 18.4 Å². The Kier molecular flexibility index (Phi) is 4.64. The van der Waals surface area contributed by atoms with E-state index in [9.17, 15) is 0 Å². The fraction of sp³-hybridized carbons (Fsp3) is 0.333. The molecule has 4 nitrogen and oxygen atoms in total. The van der Waals surface area contributed by atoms with Gasteiger partial charge in [0.1, 0.15) is 5.75 Å². The van der Waals surface area contributed by atoms with Gasteiger partial charge in [-0.3, -0.25) is 0 Å². The van der Waals surface area contributed by atoms with Crippen LogP contribution >= 0.6 is 12.4 Å². The van der Waals surface area contributed by atoms with Crippen LogP contribution in [0.25, 0.3) is 0 Å². The molecule has 1 N–H and O–H groups in total. The van der Waals surface area contributed by atoms with Crippen LogP contribution in [0.1, 0.15) is 29.7 Å². The van der Waals surface area contributed by atoms with E-state index in [2.05, 4.69) is 42.6 Å². The molecule has 2 aromatic rings. The van der Waals surface area contributed by atoms with Gasteiger partial charge in [0.15, 0.2) is 11.5 Å². The molecule has 2 aliphatic heterocycles. The zero-order valence-corrected chi connectivity index (χ0v) is 13.8. The van der Waals surface area contributed by atoms with Crippen molar-refractivity contribution in [3.8, 4) is 17.2 Å². The number of fused-ring (bicyclic) bond motifs is 2. The molecule has 0 aliphatic carbocycles. The first-order valence-corrected chi connectivity index (χ1v) is 7.67. The second kappa shape index (κ2) is 6.69. The van der Waals surface area contributed by atoms with Crippen LogP contribution < -0.4 is 19.5 Å². The Labute approximate surface area is 142 Å². The highest BCUT2D eigenvalue weighted by Gasteiger charge is 2.16. The molecule has 0 fully saturated rings. The summed E-state index contributed by atoms with van der Waals surface area (Å²) in [6.45, 7) is 4.12. The molecule has 1 unspecified atom stereocenters. The second-order valence-corrected chi connectivity index (χ2v) is 5.76. The highest BCUT2D eigenvalue weighted by Crippen LogP contribution is 2.34. The number of ether oxygens (including phenoxy) is 3. The summed E-state index contributed by atoms with van der Waals surface area (Å²) in [7, 11) is 0. The van der Waals surface area contributed by atoms with Crippen molar-refractivity contribution in [2.75, 3.05) is 13.4 Å². The molecule has 0 saturated carbocycles. The molecule has 0 bridgehead atoms. The molecule has 0 saturated heterocycles. The monoisotopic (exact) mass is 333 g/mol. The molecule has 2 aromatic carbocycles. The van der Waals surface area contributed by atoms with Gasteiger partial charge in [0.25, 0.3) is 0 Å². The number of halogens is 1. The molecule has 2 aliphatic rings. The van der Waals surface area contributed by atoms with Gasteiger partial charge in [-0.1, -0.05) is 18.2 Å². The van der Waals surface area contributed by atoms with Crippen molar-refractivity contribution in [3.05, 3.63) is 53.1 Å². The lowest BCUT2D eigenvalue weighted by Gasteiger charge is -2.15. The van der Waals surface area contributed by atoms with E-state index >= 15 is 0 Å². The highest BCUT2D eigenvalue weighted by atomic mass is 35.5. The van der Waals surface area contributed by atoms with Crippen LogP contribution in [-0.2, 0) is 13.0 Å². The zero-order valence-electron chi connectivity index (χ0n) is 13.0. The van der Waals surface area contributed by atoms with Crippen LogP contribution in [0.3, 0.4) is 0 Å². The topological polar surface area (TPSA) is 39.7 Å². The summed E-state index contributed by atoms with van der Waals surface area (Å²) in [5.74, 6) is 2.70. The first-order chi connectivity index (χ1) is 10.8. The summed E-state index contributed by atoms with van der Waals surface area (Å²) in [6, 6.07) is 12.8. The maximum Gasteiger partial charge on any atom is 0.231 e. The minimum absolute atomic E-state index is 0. The lowest BCUT2D eigenvalue weighted by atomic mass is 10.1. The smallest absolute Gasteiger partial charge is 0.231 e. The van der Waals surface area contributed by atoms with Crippen molar-refractivity contribution in [3.63, 3.8) is 0 Å². The molecule has 0 spiro atoms. The maximum absolute atomic E-state index is 5.54. The Morgan fingerprint density at radius 1 is 1.00 bits per heavy atom. The van der Waals surface area contributed by atoms with Gasteiger partial charge in [0.2, 0.25) is 6.79 Å². The van der Waals surface area contributed by atoms with Gasteiger partial charge >= 0.3 is 0 Å². The third-order valence-electron chi connectivity index (χ3n) is 4.26. The van der Waals surface area contributed by atoms with Crippen LogP contribution in [0.2, 0.25) is 0 Å². The average Bonchev–Trinajstić information content (AvgIpc) is 3.19. The molecule has 0 aromatic heterocycles. The van der Waals surface area contributed by atoms with Gasteiger partial charge in [-0.25, -0.2) is 0 Å². The fourth-order valence-corrected chi connectivity index (χ4v) is 2.92. The van der Waals surface area contributed by atoms with E-state index in [1.807, 2.05) is 6.07 Å². The largest absolute Gasteiger partial charge is 0.493 e. The molecule has 1 atom stereocenters. The lowest BCUT2D eigenvalue weighted by Crippen LogP contribution is -2.18. The Morgan fingerprint density at radius 2 is 1.83 bits per heavy atom. The van der Waals surface area contributed by atoms with Gasteiger partial charge in [0.05, 0.1) is 6.61 Å². The van der Waals surface area contributed by atoms with E-state index in [0.717, 1.165) is 36.8 Å². The van der Waals surface area contributed by atoms with E-state index in [1.165, 1.54) is 16.7 Å². The van der Waals surface area contributed by atoms with Crippen LogP contribution in [0.15, 0.2) is 36.4 Å². The molecule has 122 valence electrons. The Morgan fingerprint density at radius 3 is 2.74 bits per heavy atom. The molecule has 4 rings (SSSR count). The van der Waals surface area contributed by atoms with Crippen molar-refractivity contribution in [1.29, 1.82) is 0 Å². The minimum atomic E-state index is 0. The summed E-state index contributed by atoms with van der Waals surface area (Å²) >= 11 is 0.